The van der Waals surface area contributed by atoms with Crippen molar-refractivity contribution < 1.29 is 17.9 Å². The molecule has 1 aliphatic carbocycles. The monoisotopic (exact) mass is 366 g/mol. The first-order chi connectivity index (χ1) is 11.5. The standard InChI is InChI=1S/C16H18N2O4S2/c1-22-13-5-3-2-4-11(13)18-12-8-24(20,21)9-14(12)23-16(18)17-15(19)10-6-7-10/h2-5,10,12,14H,6-9H2,1H3/t12-,14-/m1/s1. The van der Waals surface area contributed by atoms with Crippen LogP contribution in [-0.4, -0.2) is 49.4 Å². The van der Waals surface area contributed by atoms with E-state index in [1.54, 1.807) is 7.11 Å². The van der Waals surface area contributed by atoms with Gasteiger partial charge in [0, 0.05) is 11.2 Å². The number of aliphatic imine (C=N–C) groups is 1. The van der Waals surface area contributed by atoms with Gasteiger partial charge < -0.3 is 9.64 Å². The number of ether oxygens (including phenoxy) is 1. The number of sulfone groups is 1. The zero-order valence-corrected chi connectivity index (χ0v) is 14.8. The molecule has 1 aromatic carbocycles. The number of carbonyl (C=O) groups is 1. The van der Waals surface area contributed by atoms with Crippen molar-refractivity contribution in [3.8, 4) is 5.75 Å². The van der Waals surface area contributed by atoms with Crippen molar-refractivity contribution in [3.05, 3.63) is 24.3 Å². The van der Waals surface area contributed by atoms with Crippen molar-refractivity contribution in [1.29, 1.82) is 0 Å². The Balaban J connectivity index is 1.76. The van der Waals surface area contributed by atoms with E-state index in [2.05, 4.69) is 4.99 Å². The molecule has 0 aromatic heterocycles. The van der Waals surface area contributed by atoms with Crippen LogP contribution in [-0.2, 0) is 14.6 Å². The Morgan fingerprint density at radius 1 is 1.29 bits per heavy atom. The lowest BCUT2D eigenvalue weighted by Crippen LogP contribution is -2.38. The Hall–Kier alpha value is -1.54. The van der Waals surface area contributed by atoms with Gasteiger partial charge in [0.2, 0.25) is 0 Å². The van der Waals surface area contributed by atoms with Crippen LogP contribution in [0, 0.1) is 5.92 Å². The number of rotatable bonds is 3. The third-order valence-electron chi connectivity index (χ3n) is 4.54. The number of fused-ring (bicyclic) bond motifs is 1. The number of amidine groups is 1. The molecule has 0 spiro atoms. The predicted molar refractivity (Wildman–Crippen MR) is 94.5 cm³/mol. The minimum absolute atomic E-state index is 0.0433. The molecule has 128 valence electrons. The van der Waals surface area contributed by atoms with Gasteiger partial charge >= 0.3 is 0 Å². The highest BCUT2D eigenvalue weighted by molar-refractivity contribution is 8.16. The lowest BCUT2D eigenvalue weighted by molar-refractivity contribution is -0.118. The number of hydrogen-bond acceptors (Lipinski definition) is 5. The van der Waals surface area contributed by atoms with Crippen molar-refractivity contribution in [1.82, 2.24) is 0 Å². The van der Waals surface area contributed by atoms with Crippen LogP contribution in [0.1, 0.15) is 12.8 Å². The smallest absolute Gasteiger partial charge is 0.251 e. The number of hydrogen-bond donors (Lipinski definition) is 0. The maximum atomic E-state index is 12.2. The van der Waals surface area contributed by atoms with Crippen LogP contribution in [0.25, 0.3) is 0 Å². The molecule has 2 saturated heterocycles. The Morgan fingerprint density at radius 2 is 2.04 bits per heavy atom. The minimum Gasteiger partial charge on any atom is -0.495 e. The van der Waals surface area contributed by atoms with Crippen LogP contribution < -0.4 is 9.64 Å². The van der Waals surface area contributed by atoms with Gasteiger partial charge in [0.15, 0.2) is 15.0 Å². The third-order valence-corrected chi connectivity index (χ3v) is 7.75. The first-order valence-electron chi connectivity index (χ1n) is 7.90. The molecule has 0 radical (unpaired) electrons. The molecule has 1 amide bonds. The Morgan fingerprint density at radius 3 is 2.75 bits per heavy atom. The molecule has 24 heavy (non-hydrogen) atoms. The molecule has 4 rings (SSSR count). The summed E-state index contributed by atoms with van der Waals surface area (Å²) in [4.78, 5) is 18.4. The van der Waals surface area contributed by atoms with Gasteiger partial charge in [-0.15, -0.1) is 0 Å². The second-order valence-electron chi connectivity index (χ2n) is 6.35. The average molecular weight is 366 g/mol. The van der Waals surface area contributed by atoms with Crippen LogP contribution in [0.4, 0.5) is 5.69 Å². The van der Waals surface area contributed by atoms with E-state index in [1.165, 1.54) is 11.8 Å². The Labute approximate surface area is 145 Å². The van der Waals surface area contributed by atoms with Gasteiger partial charge in [-0.05, 0) is 25.0 Å². The van der Waals surface area contributed by atoms with Gasteiger partial charge in [-0.3, -0.25) is 4.79 Å². The lowest BCUT2D eigenvalue weighted by Gasteiger charge is -2.26. The van der Waals surface area contributed by atoms with E-state index in [-0.39, 0.29) is 34.6 Å². The highest BCUT2D eigenvalue weighted by Crippen LogP contribution is 2.44. The number of carbonyl (C=O) groups excluding carboxylic acids is 1. The molecule has 0 N–H and O–H groups in total. The largest absolute Gasteiger partial charge is 0.495 e. The number of methoxy groups -OCH3 is 1. The number of thioether (sulfide) groups is 1. The van der Waals surface area contributed by atoms with Gasteiger partial charge in [0.05, 0.1) is 30.3 Å². The summed E-state index contributed by atoms with van der Waals surface area (Å²) >= 11 is 1.40. The highest BCUT2D eigenvalue weighted by Gasteiger charge is 2.50. The molecule has 0 unspecified atom stereocenters. The molecule has 3 aliphatic rings. The van der Waals surface area contributed by atoms with Crippen LogP contribution >= 0.6 is 11.8 Å². The molecule has 1 saturated carbocycles. The summed E-state index contributed by atoms with van der Waals surface area (Å²) in [5, 5.41) is 0.506. The summed E-state index contributed by atoms with van der Waals surface area (Å²) in [6.07, 6.45) is 1.80. The van der Waals surface area contributed by atoms with Crippen molar-refractivity contribution >= 4 is 38.4 Å². The van der Waals surface area contributed by atoms with Gasteiger partial charge in [0.25, 0.3) is 5.91 Å². The van der Waals surface area contributed by atoms with Crippen molar-refractivity contribution in [2.75, 3.05) is 23.5 Å². The van der Waals surface area contributed by atoms with Gasteiger partial charge in [0.1, 0.15) is 5.75 Å². The van der Waals surface area contributed by atoms with Crippen LogP contribution in [0.5, 0.6) is 5.75 Å². The van der Waals surface area contributed by atoms with E-state index in [0.29, 0.717) is 10.9 Å². The summed E-state index contributed by atoms with van der Waals surface area (Å²) in [5.74, 6) is 0.806. The normalized spacial score (nSPS) is 29.7. The number of benzene rings is 1. The van der Waals surface area contributed by atoms with Crippen LogP contribution in [0.3, 0.4) is 0 Å². The number of para-hydroxylation sites is 2. The average Bonchev–Trinajstić information content (AvgIpc) is 3.28. The van der Waals surface area contributed by atoms with Crippen molar-refractivity contribution in [2.24, 2.45) is 10.9 Å². The van der Waals surface area contributed by atoms with E-state index >= 15 is 0 Å². The predicted octanol–water partition coefficient (Wildman–Crippen LogP) is 1.71. The fourth-order valence-corrected chi connectivity index (χ4v) is 7.10. The summed E-state index contributed by atoms with van der Waals surface area (Å²) in [5.41, 5.74) is 0.763. The first kappa shape index (κ1) is 16.0. The zero-order chi connectivity index (χ0) is 16.9. The first-order valence-corrected chi connectivity index (χ1v) is 10.6. The van der Waals surface area contributed by atoms with Crippen LogP contribution in [0.15, 0.2) is 29.3 Å². The van der Waals surface area contributed by atoms with Crippen molar-refractivity contribution in [3.63, 3.8) is 0 Å². The Bertz CT molecular complexity index is 817. The van der Waals surface area contributed by atoms with Gasteiger partial charge in [-0.2, -0.15) is 4.99 Å². The van der Waals surface area contributed by atoms with Gasteiger partial charge in [-0.1, -0.05) is 23.9 Å². The minimum atomic E-state index is -3.07. The summed E-state index contributed by atoms with van der Waals surface area (Å²) in [7, 11) is -1.48. The third kappa shape index (κ3) is 2.82. The molecule has 0 bridgehead atoms. The molecule has 2 heterocycles. The fourth-order valence-electron chi connectivity index (χ4n) is 3.19. The second kappa shape index (κ2) is 5.77. The number of nitrogens with zero attached hydrogens (tertiary/aromatic N) is 2. The van der Waals surface area contributed by atoms with E-state index < -0.39 is 9.84 Å². The summed E-state index contributed by atoms with van der Waals surface area (Å²) < 4.78 is 29.5. The highest BCUT2D eigenvalue weighted by atomic mass is 32.2. The topological polar surface area (TPSA) is 76.0 Å². The fraction of sp³-hybridized carbons (Fsp3) is 0.500. The number of anilines is 1. The molecular formula is C16H18N2O4S2. The Kier molecular flexibility index (Phi) is 3.84. The molecule has 3 fully saturated rings. The van der Waals surface area contributed by atoms with E-state index in [4.69, 9.17) is 4.74 Å². The second-order valence-corrected chi connectivity index (χ2v) is 9.71. The maximum absolute atomic E-state index is 12.2. The molecular weight excluding hydrogens is 348 g/mol. The van der Waals surface area contributed by atoms with E-state index in [9.17, 15) is 13.2 Å². The van der Waals surface area contributed by atoms with E-state index in [1.807, 2.05) is 29.2 Å². The molecule has 1 aromatic rings. The molecule has 8 heteroatoms. The molecule has 2 aliphatic heterocycles. The number of amides is 1. The zero-order valence-electron chi connectivity index (χ0n) is 13.2. The maximum Gasteiger partial charge on any atom is 0.251 e. The quantitative estimate of drug-likeness (QED) is 0.811. The molecule has 6 nitrogen and oxygen atoms in total. The SMILES string of the molecule is COc1ccccc1N1C(=NC(=O)C2CC2)S[C@@H]2CS(=O)(=O)C[C@H]21. The van der Waals surface area contributed by atoms with Gasteiger partial charge in [-0.25, -0.2) is 8.42 Å². The molecule has 2 atom stereocenters. The summed E-state index contributed by atoms with van der Waals surface area (Å²) in [6.45, 7) is 0. The van der Waals surface area contributed by atoms with Crippen LogP contribution in [0.2, 0.25) is 0 Å². The van der Waals surface area contributed by atoms with Crippen molar-refractivity contribution in [2.45, 2.75) is 24.1 Å². The van der Waals surface area contributed by atoms with E-state index in [0.717, 1.165) is 18.5 Å². The summed E-state index contributed by atoms with van der Waals surface area (Å²) in [6, 6.07) is 7.24. The lowest BCUT2D eigenvalue weighted by atomic mass is 10.2.